The molecule has 1 saturated heterocycles. The van der Waals surface area contributed by atoms with E-state index in [1.165, 1.54) is 18.6 Å². The topological polar surface area (TPSA) is 41.6 Å². The van der Waals surface area contributed by atoms with Gasteiger partial charge in [0, 0.05) is 13.1 Å². The molecule has 1 aromatic carbocycles. The van der Waals surface area contributed by atoms with Crippen LogP contribution in [0.15, 0.2) is 24.3 Å². The smallest absolute Gasteiger partial charge is 0.318 e. The molecule has 1 aromatic rings. The summed E-state index contributed by atoms with van der Waals surface area (Å²) in [6.45, 7) is 2.45. The van der Waals surface area contributed by atoms with Crippen LogP contribution in [0.4, 0.5) is 9.18 Å². The van der Waals surface area contributed by atoms with Gasteiger partial charge in [0.15, 0.2) is 0 Å². The van der Waals surface area contributed by atoms with E-state index in [4.69, 9.17) is 4.74 Å². The highest BCUT2D eigenvalue weighted by molar-refractivity contribution is 5.75. The van der Waals surface area contributed by atoms with Crippen LogP contribution < -0.4 is 5.32 Å². The third-order valence-electron chi connectivity index (χ3n) is 4.43. The number of ether oxygens (including phenoxy) is 1. The van der Waals surface area contributed by atoms with Gasteiger partial charge in [0.25, 0.3) is 0 Å². The van der Waals surface area contributed by atoms with Crippen LogP contribution in [0.1, 0.15) is 30.9 Å². The second kappa shape index (κ2) is 6.43. The van der Waals surface area contributed by atoms with Gasteiger partial charge in [-0.05, 0) is 36.5 Å². The molecule has 1 N–H and O–H groups in total. The number of hydrogen-bond acceptors (Lipinski definition) is 2. The summed E-state index contributed by atoms with van der Waals surface area (Å²) >= 11 is 0. The van der Waals surface area contributed by atoms with E-state index in [-0.39, 0.29) is 17.9 Å². The molecule has 2 aliphatic rings. The van der Waals surface area contributed by atoms with Crippen molar-refractivity contribution in [2.45, 2.75) is 25.3 Å². The van der Waals surface area contributed by atoms with Crippen molar-refractivity contribution in [2.24, 2.45) is 5.92 Å². The Morgan fingerprint density at radius 2 is 1.90 bits per heavy atom. The Labute approximate surface area is 124 Å². The number of halogens is 1. The molecule has 1 heterocycles. The SMILES string of the molecule is O=C(NC(c1ccc(F)cc1)C1CCC1)N1CCOCC1. The van der Waals surface area contributed by atoms with Gasteiger partial charge in [-0.15, -0.1) is 0 Å². The van der Waals surface area contributed by atoms with E-state index < -0.39 is 0 Å². The monoisotopic (exact) mass is 292 g/mol. The average molecular weight is 292 g/mol. The van der Waals surface area contributed by atoms with Gasteiger partial charge in [-0.1, -0.05) is 18.6 Å². The van der Waals surface area contributed by atoms with E-state index in [0.717, 1.165) is 18.4 Å². The summed E-state index contributed by atoms with van der Waals surface area (Å²) in [4.78, 5) is 14.2. The van der Waals surface area contributed by atoms with Gasteiger partial charge in [-0.3, -0.25) is 0 Å². The molecule has 4 nitrogen and oxygen atoms in total. The molecule has 0 radical (unpaired) electrons. The lowest BCUT2D eigenvalue weighted by Crippen LogP contribution is -2.48. The summed E-state index contributed by atoms with van der Waals surface area (Å²) in [5, 5.41) is 3.13. The van der Waals surface area contributed by atoms with Crippen molar-refractivity contribution in [1.82, 2.24) is 10.2 Å². The van der Waals surface area contributed by atoms with Crippen LogP contribution in [0, 0.1) is 11.7 Å². The second-order valence-electron chi connectivity index (χ2n) is 5.77. The molecule has 1 aliphatic heterocycles. The van der Waals surface area contributed by atoms with Gasteiger partial charge >= 0.3 is 6.03 Å². The van der Waals surface area contributed by atoms with Crippen LogP contribution in [0.5, 0.6) is 0 Å². The molecule has 2 amide bonds. The summed E-state index contributed by atoms with van der Waals surface area (Å²) in [5.74, 6) is 0.214. The van der Waals surface area contributed by atoms with Gasteiger partial charge in [0.1, 0.15) is 5.82 Å². The first-order valence-electron chi connectivity index (χ1n) is 7.63. The first-order valence-corrected chi connectivity index (χ1v) is 7.63. The molecular weight excluding hydrogens is 271 g/mol. The Bertz CT molecular complexity index is 482. The number of rotatable bonds is 3. The van der Waals surface area contributed by atoms with E-state index >= 15 is 0 Å². The van der Waals surface area contributed by atoms with Crippen LogP contribution >= 0.6 is 0 Å². The summed E-state index contributed by atoms with van der Waals surface area (Å²) in [6.07, 6.45) is 3.44. The van der Waals surface area contributed by atoms with E-state index in [9.17, 15) is 9.18 Å². The minimum absolute atomic E-state index is 0.0188. The number of nitrogens with one attached hydrogen (secondary N) is 1. The summed E-state index contributed by atoms with van der Waals surface area (Å²) in [7, 11) is 0. The van der Waals surface area contributed by atoms with Gasteiger partial charge in [0.2, 0.25) is 0 Å². The van der Waals surface area contributed by atoms with Gasteiger partial charge < -0.3 is 15.0 Å². The van der Waals surface area contributed by atoms with Crippen LogP contribution in [-0.2, 0) is 4.74 Å². The van der Waals surface area contributed by atoms with Gasteiger partial charge in [0.05, 0.1) is 19.3 Å². The number of nitrogens with zero attached hydrogens (tertiary/aromatic N) is 1. The van der Waals surface area contributed by atoms with Crippen LogP contribution in [-0.4, -0.2) is 37.2 Å². The van der Waals surface area contributed by atoms with Crippen molar-refractivity contribution in [3.05, 3.63) is 35.6 Å². The number of morpholine rings is 1. The van der Waals surface area contributed by atoms with Crippen molar-refractivity contribution >= 4 is 6.03 Å². The fourth-order valence-corrected chi connectivity index (χ4v) is 2.91. The molecule has 0 bridgehead atoms. The molecule has 1 aliphatic carbocycles. The molecule has 114 valence electrons. The van der Waals surface area contributed by atoms with Crippen LogP contribution in [0.3, 0.4) is 0 Å². The lowest BCUT2D eigenvalue weighted by atomic mass is 9.77. The molecule has 0 spiro atoms. The van der Waals surface area contributed by atoms with Crippen LogP contribution in [0.2, 0.25) is 0 Å². The highest BCUT2D eigenvalue weighted by atomic mass is 19.1. The summed E-state index contributed by atoms with van der Waals surface area (Å²) in [5.41, 5.74) is 0.989. The van der Waals surface area contributed by atoms with Crippen molar-refractivity contribution in [1.29, 1.82) is 0 Å². The lowest BCUT2D eigenvalue weighted by Gasteiger charge is -2.36. The largest absolute Gasteiger partial charge is 0.378 e. The zero-order chi connectivity index (χ0) is 14.7. The molecule has 2 fully saturated rings. The molecule has 3 rings (SSSR count). The standard InChI is InChI=1S/C16H21FN2O2/c17-14-6-4-13(5-7-14)15(12-2-1-3-12)18-16(20)19-8-10-21-11-9-19/h4-7,12,15H,1-3,8-11H2,(H,18,20). The Hall–Kier alpha value is -1.62. The van der Waals surface area contributed by atoms with Crippen LogP contribution in [0.25, 0.3) is 0 Å². The maximum Gasteiger partial charge on any atom is 0.318 e. The van der Waals surface area contributed by atoms with Gasteiger partial charge in [-0.2, -0.15) is 0 Å². The molecular formula is C16H21FN2O2. The molecule has 1 saturated carbocycles. The highest BCUT2D eigenvalue weighted by Crippen LogP contribution is 2.37. The minimum Gasteiger partial charge on any atom is -0.378 e. The second-order valence-corrected chi connectivity index (χ2v) is 5.77. The maximum atomic E-state index is 13.1. The molecule has 21 heavy (non-hydrogen) atoms. The highest BCUT2D eigenvalue weighted by Gasteiger charge is 2.31. The first kappa shape index (κ1) is 14.3. The van der Waals surface area contributed by atoms with Crippen molar-refractivity contribution in [3.8, 4) is 0 Å². The van der Waals surface area contributed by atoms with E-state index in [1.807, 2.05) is 0 Å². The first-order chi connectivity index (χ1) is 10.2. The van der Waals surface area contributed by atoms with E-state index in [1.54, 1.807) is 17.0 Å². The third-order valence-corrected chi connectivity index (χ3v) is 4.43. The number of benzene rings is 1. The Balaban J connectivity index is 1.70. The Kier molecular flexibility index (Phi) is 4.39. The fourth-order valence-electron chi connectivity index (χ4n) is 2.91. The quantitative estimate of drug-likeness (QED) is 0.930. The molecule has 0 aromatic heterocycles. The Morgan fingerprint density at radius 3 is 2.48 bits per heavy atom. The van der Waals surface area contributed by atoms with Crippen molar-refractivity contribution in [3.63, 3.8) is 0 Å². The zero-order valence-electron chi connectivity index (χ0n) is 12.1. The van der Waals surface area contributed by atoms with E-state index in [2.05, 4.69) is 5.32 Å². The lowest BCUT2D eigenvalue weighted by molar-refractivity contribution is 0.0512. The summed E-state index contributed by atoms with van der Waals surface area (Å²) < 4.78 is 18.4. The number of hydrogen-bond donors (Lipinski definition) is 1. The zero-order valence-corrected chi connectivity index (χ0v) is 12.1. The predicted octanol–water partition coefficient (Wildman–Crippen LogP) is 2.71. The molecule has 5 heteroatoms. The fraction of sp³-hybridized carbons (Fsp3) is 0.562. The van der Waals surface area contributed by atoms with Crippen molar-refractivity contribution < 1.29 is 13.9 Å². The number of urea groups is 1. The normalized spacial score (nSPS) is 20.7. The van der Waals surface area contributed by atoms with Crippen molar-refractivity contribution in [2.75, 3.05) is 26.3 Å². The number of amides is 2. The van der Waals surface area contributed by atoms with Gasteiger partial charge in [-0.25, -0.2) is 9.18 Å². The average Bonchev–Trinajstić information content (AvgIpc) is 2.46. The van der Waals surface area contributed by atoms with E-state index in [0.29, 0.717) is 32.2 Å². The molecule has 1 atom stereocenters. The number of carbonyl (C=O) groups is 1. The molecule has 1 unspecified atom stereocenters. The predicted molar refractivity (Wildman–Crippen MR) is 77.4 cm³/mol. The third kappa shape index (κ3) is 3.35. The summed E-state index contributed by atoms with van der Waals surface area (Å²) in [6, 6.07) is 6.41. The maximum absolute atomic E-state index is 13.1. The number of carbonyl (C=O) groups excluding carboxylic acids is 1. The Morgan fingerprint density at radius 1 is 1.24 bits per heavy atom. The minimum atomic E-state index is -0.245.